The van der Waals surface area contributed by atoms with Crippen molar-refractivity contribution in [3.8, 4) is 11.4 Å². The zero-order valence-corrected chi connectivity index (χ0v) is 14.3. The maximum Gasteiger partial charge on any atom is 0.244 e. The molecule has 0 amide bonds. The number of nitrogens with zero attached hydrogens (tertiary/aromatic N) is 4. The van der Waals surface area contributed by atoms with Gasteiger partial charge in [0.15, 0.2) is 0 Å². The van der Waals surface area contributed by atoms with Gasteiger partial charge >= 0.3 is 0 Å². The Bertz CT molecular complexity index is 900. The number of aliphatic hydroxyl groups is 1. The Morgan fingerprint density at radius 2 is 2.08 bits per heavy atom. The predicted molar refractivity (Wildman–Crippen MR) is 92.4 cm³/mol. The number of aliphatic hydroxyl groups excluding tert-OH is 1. The van der Waals surface area contributed by atoms with Crippen LogP contribution in [0.3, 0.4) is 0 Å². The molecule has 0 radical (unpaired) electrons. The summed E-state index contributed by atoms with van der Waals surface area (Å²) in [6.07, 6.45) is 3.56. The van der Waals surface area contributed by atoms with Crippen LogP contribution < -0.4 is 0 Å². The van der Waals surface area contributed by atoms with E-state index >= 15 is 0 Å². The topological polar surface area (TPSA) is 75.3 Å². The molecule has 3 aromatic rings. The van der Waals surface area contributed by atoms with Crippen LogP contribution in [0.1, 0.15) is 29.5 Å². The molecule has 1 N–H and O–H groups in total. The third-order valence-corrected chi connectivity index (χ3v) is 4.67. The molecule has 0 bridgehead atoms. The summed E-state index contributed by atoms with van der Waals surface area (Å²) in [5.41, 5.74) is 2.24. The monoisotopic (exact) mass is 354 g/mol. The summed E-state index contributed by atoms with van der Waals surface area (Å²) in [6.45, 7) is 2.89. The number of rotatable bonds is 4. The molecule has 26 heavy (non-hydrogen) atoms. The number of halogens is 1. The van der Waals surface area contributed by atoms with Crippen LogP contribution >= 0.6 is 0 Å². The van der Waals surface area contributed by atoms with Crippen molar-refractivity contribution in [3.05, 3.63) is 65.6 Å². The van der Waals surface area contributed by atoms with Crippen molar-refractivity contribution in [2.45, 2.75) is 32.0 Å². The molecule has 6 nitrogen and oxygen atoms in total. The maximum absolute atomic E-state index is 13.8. The molecule has 1 aromatic carbocycles. The Morgan fingerprint density at radius 1 is 1.27 bits per heavy atom. The molecule has 0 aliphatic carbocycles. The minimum absolute atomic E-state index is 0.172. The van der Waals surface area contributed by atoms with Crippen LogP contribution in [0.4, 0.5) is 4.39 Å². The summed E-state index contributed by atoms with van der Waals surface area (Å²) in [6, 6.07) is 8.57. The molecule has 2 aromatic heterocycles. The van der Waals surface area contributed by atoms with E-state index in [0.717, 1.165) is 5.56 Å². The molecular weight excluding hydrogens is 335 g/mol. The van der Waals surface area contributed by atoms with E-state index in [1.54, 1.807) is 31.5 Å². The first-order chi connectivity index (χ1) is 12.6. The molecule has 1 aliphatic heterocycles. The summed E-state index contributed by atoms with van der Waals surface area (Å²) >= 11 is 0. The summed E-state index contributed by atoms with van der Waals surface area (Å²) < 4.78 is 19.2. The first-order valence-corrected chi connectivity index (χ1v) is 8.51. The van der Waals surface area contributed by atoms with E-state index < -0.39 is 6.10 Å². The van der Waals surface area contributed by atoms with Crippen LogP contribution in [-0.2, 0) is 6.54 Å². The van der Waals surface area contributed by atoms with Gasteiger partial charge in [0.05, 0.1) is 12.1 Å². The average Bonchev–Trinajstić information content (AvgIpc) is 3.25. The zero-order chi connectivity index (χ0) is 18.1. The van der Waals surface area contributed by atoms with Crippen molar-refractivity contribution in [1.82, 2.24) is 20.0 Å². The lowest BCUT2D eigenvalue weighted by Crippen LogP contribution is -2.24. The van der Waals surface area contributed by atoms with E-state index in [9.17, 15) is 9.50 Å². The minimum atomic E-state index is -0.450. The fourth-order valence-electron chi connectivity index (χ4n) is 3.25. The van der Waals surface area contributed by atoms with E-state index in [1.165, 1.54) is 6.07 Å². The molecule has 7 heteroatoms. The molecule has 3 heterocycles. The van der Waals surface area contributed by atoms with Crippen LogP contribution in [0, 0.1) is 12.7 Å². The fraction of sp³-hybridized carbons (Fsp3) is 0.316. The second-order valence-corrected chi connectivity index (χ2v) is 6.61. The summed E-state index contributed by atoms with van der Waals surface area (Å²) in [5.74, 6) is 0.486. The van der Waals surface area contributed by atoms with Gasteiger partial charge in [0.2, 0.25) is 11.7 Å². The van der Waals surface area contributed by atoms with Crippen molar-refractivity contribution in [2.24, 2.45) is 0 Å². The molecule has 2 atom stereocenters. The van der Waals surface area contributed by atoms with Gasteiger partial charge in [-0.1, -0.05) is 17.3 Å². The molecule has 2 unspecified atom stereocenters. The van der Waals surface area contributed by atoms with Crippen LogP contribution in [-0.4, -0.2) is 37.8 Å². The van der Waals surface area contributed by atoms with Gasteiger partial charge in [-0.15, -0.1) is 0 Å². The van der Waals surface area contributed by atoms with Crippen molar-refractivity contribution >= 4 is 0 Å². The average molecular weight is 354 g/mol. The Labute approximate surface area is 150 Å². The highest BCUT2D eigenvalue weighted by atomic mass is 19.1. The van der Waals surface area contributed by atoms with Crippen LogP contribution in [0.2, 0.25) is 0 Å². The second-order valence-electron chi connectivity index (χ2n) is 6.61. The Morgan fingerprint density at radius 3 is 2.85 bits per heavy atom. The summed E-state index contributed by atoms with van der Waals surface area (Å²) in [5, 5.41) is 14.1. The first-order valence-electron chi connectivity index (χ1n) is 8.51. The van der Waals surface area contributed by atoms with Gasteiger partial charge in [0, 0.05) is 31.0 Å². The Hall–Kier alpha value is -2.64. The number of aromatic nitrogens is 3. The van der Waals surface area contributed by atoms with E-state index in [0.29, 0.717) is 42.4 Å². The summed E-state index contributed by atoms with van der Waals surface area (Å²) in [7, 11) is 0. The second kappa shape index (κ2) is 6.93. The summed E-state index contributed by atoms with van der Waals surface area (Å²) in [4.78, 5) is 10.6. The quantitative estimate of drug-likeness (QED) is 0.776. The van der Waals surface area contributed by atoms with Gasteiger partial charge in [-0.2, -0.15) is 4.98 Å². The van der Waals surface area contributed by atoms with Crippen molar-refractivity contribution in [1.29, 1.82) is 0 Å². The number of hydrogen-bond donors (Lipinski definition) is 1. The van der Waals surface area contributed by atoms with Crippen LogP contribution in [0.25, 0.3) is 11.4 Å². The van der Waals surface area contributed by atoms with Gasteiger partial charge in [0.1, 0.15) is 5.82 Å². The SMILES string of the molecule is Cc1ccc(-c2noc(C3CC(O)CN3Cc3ccncc3)n2)cc1F. The molecule has 1 aliphatic rings. The molecule has 1 fully saturated rings. The highest BCUT2D eigenvalue weighted by molar-refractivity contribution is 5.55. The maximum atomic E-state index is 13.8. The number of hydrogen-bond acceptors (Lipinski definition) is 6. The first kappa shape index (κ1) is 16.8. The molecule has 4 rings (SSSR count). The predicted octanol–water partition coefficient (Wildman–Crippen LogP) is 2.89. The van der Waals surface area contributed by atoms with Gasteiger partial charge in [0.25, 0.3) is 0 Å². The van der Waals surface area contributed by atoms with Gasteiger partial charge in [-0.05, 0) is 42.7 Å². The standard InChI is InChI=1S/C19H19FN4O2/c1-12-2-3-14(8-16(12)20)18-22-19(26-23-18)17-9-15(25)11-24(17)10-13-4-6-21-7-5-13/h2-8,15,17,25H,9-11H2,1H3. The van der Waals surface area contributed by atoms with Gasteiger partial charge in [-0.3, -0.25) is 9.88 Å². The highest BCUT2D eigenvalue weighted by Crippen LogP contribution is 2.33. The lowest BCUT2D eigenvalue weighted by Gasteiger charge is -2.20. The van der Waals surface area contributed by atoms with Gasteiger partial charge in [-0.25, -0.2) is 4.39 Å². The zero-order valence-electron chi connectivity index (χ0n) is 14.3. The Balaban J connectivity index is 1.57. The van der Waals surface area contributed by atoms with Gasteiger partial charge < -0.3 is 9.63 Å². The van der Waals surface area contributed by atoms with E-state index in [2.05, 4.69) is 20.0 Å². The number of aryl methyl sites for hydroxylation is 1. The molecule has 1 saturated heterocycles. The van der Waals surface area contributed by atoms with Crippen molar-refractivity contribution in [2.75, 3.05) is 6.54 Å². The van der Waals surface area contributed by atoms with Crippen molar-refractivity contribution < 1.29 is 14.0 Å². The van der Waals surface area contributed by atoms with Crippen LogP contribution in [0.5, 0.6) is 0 Å². The highest BCUT2D eigenvalue weighted by Gasteiger charge is 2.35. The molecule has 0 saturated carbocycles. The number of likely N-dealkylation sites (tertiary alicyclic amines) is 1. The fourth-order valence-corrected chi connectivity index (χ4v) is 3.25. The van der Waals surface area contributed by atoms with E-state index in [1.807, 2.05) is 12.1 Å². The number of benzene rings is 1. The van der Waals surface area contributed by atoms with E-state index in [4.69, 9.17) is 4.52 Å². The smallest absolute Gasteiger partial charge is 0.244 e. The third-order valence-electron chi connectivity index (χ3n) is 4.67. The largest absolute Gasteiger partial charge is 0.392 e. The van der Waals surface area contributed by atoms with Crippen LogP contribution in [0.15, 0.2) is 47.2 Å². The minimum Gasteiger partial charge on any atom is -0.392 e. The normalized spacial score (nSPS) is 20.6. The molecule has 134 valence electrons. The van der Waals surface area contributed by atoms with Crippen molar-refractivity contribution in [3.63, 3.8) is 0 Å². The lowest BCUT2D eigenvalue weighted by molar-refractivity contribution is 0.169. The molecule has 0 spiro atoms. The third kappa shape index (κ3) is 3.36. The molecular formula is C19H19FN4O2. The Kier molecular flexibility index (Phi) is 4.48. The number of pyridine rings is 1. The van der Waals surface area contributed by atoms with E-state index in [-0.39, 0.29) is 11.9 Å². The number of β-amino-alcohol motifs (C(OH)–C–C–N with tert-alkyl or cyclic N) is 1. The lowest BCUT2D eigenvalue weighted by atomic mass is 10.1.